The molecule has 5 rings (SSSR count). The lowest BCUT2D eigenvalue weighted by Crippen LogP contribution is -2.41. The summed E-state index contributed by atoms with van der Waals surface area (Å²) < 4.78 is 107. The van der Waals surface area contributed by atoms with Crippen LogP contribution in [0.5, 0.6) is 0 Å². The van der Waals surface area contributed by atoms with E-state index in [0.29, 0.717) is 37.1 Å². The largest absolute Gasteiger partial charge is 0.444 e. The van der Waals surface area contributed by atoms with Crippen molar-refractivity contribution in [3.05, 3.63) is 93.8 Å². The summed E-state index contributed by atoms with van der Waals surface area (Å²) >= 11 is 0. The Morgan fingerprint density at radius 2 is 1.55 bits per heavy atom. The monoisotopic (exact) mass is 668 g/mol. The number of amides is 2. The third-order valence-corrected chi connectivity index (χ3v) is 8.59. The van der Waals surface area contributed by atoms with Gasteiger partial charge in [0.05, 0.1) is 23.3 Å². The minimum atomic E-state index is -5.02. The van der Waals surface area contributed by atoms with Gasteiger partial charge >= 0.3 is 18.4 Å². The Balaban J connectivity index is 1.41. The van der Waals surface area contributed by atoms with Gasteiger partial charge in [0.25, 0.3) is 0 Å². The van der Waals surface area contributed by atoms with E-state index < -0.39 is 65.2 Å². The van der Waals surface area contributed by atoms with Gasteiger partial charge in [-0.25, -0.2) is 9.18 Å². The van der Waals surface area contributed by atoms with E-state index in [9.17, 15) is 40.3 Å². The van der Waals surface area contributed by atoms with Crippen LogP contribution >= 0.6 is 0 Å². The molecule has 0 N–H and O–H groups in total. The number of nitrogens with zero attached hydrogens (tertiary/aromatic N) is 2. The van der Waals surface area contributed by atoms with E-state index in [1.54, 1.807) is 30.6 Å². The van der Waals surface area contributed by atoms with Crippen molar-refractivity contribution in [3.8, 4) is 0 Å². The zero-order valence-electron chi connectivity index (χ0n) is 26.2. The molecule has 47 heavy (non-hydrogen) atoms. The summed E-state index contributed by atoms with van der Waals surface area (Å²) in [6.07, 6.45) is -8.30. The van der Waals surface area contributed by atoms with E-state index in [1.807, 2.05) is 6.08 Å². The van der Waals surface area contributed by atoms with Crippen molar-refractivity contribution in [3.63, 3.8) is 0 Å². The summed E-state index contributed by atoms with van der Waals surface area (Å²) in [6.45, 7) is 7.37. The van der Waals surface area contributed by atoms with Crippen LogP contribution in [0.4, 0.5) is 35.5 Å². The van der Waals surface area contributed by atoms with E-state index in [2.05, 4.69) is 0 Å². The Kier molecular flexibility index (Phi) is 9.26. The average molecular weight is 669 g/mol. The second-order valence-electron chi connectivity index (χ2n) is 13.1. The Morgan fingerprint density at radius 3 is 2.09 bits per heavy atom. The van der Waals surface area contributed by atoms with E-state index >= 15 is 0 Å². The van der Waals surface area contributed by atoms with Crippen molar-refractivity contribution in [2.24, 2.45) is 0 Å². The maximum absolute atomic E-state index is 13.9. The molecule has 13 heteroatoms. The minimum absolute atomic E-state index is 0.0240. The molecule has 2 aromatic carbocycles. The molecular weight excluding hydrogens is 633 g/mol. The topological polar surface area (TPSA) is 59.1 Å². The van der Waals surface area contributed by atoms with Gasteiger partial charge in [0.1, 0.15) is 11.4 Å². The highest BCUT2D eigenvalue weighted by Gasteiger charge is 2.48. The fourth-order valence-electron chi connectivity index (χ4n) is 6.37. The van der Waals surface area contributed by atoms with Crippen LogP contribution in [0.25, 0.3) is 0 Å². The second-order valence-corrected chi connectivity index (χ2v) is 13.1. The van der Waals surface area contributed by atoms with E-state index in [4.69, 9.17) is 9.47 Å². The molecule has 0 aliphatic carbocycles. The number of hydrogen-bond donors (Lipinski definition) is 0. The smallest absolute Gasteiger partial charge is 0.416 e. The molecule has 2 aromatic rings. The Bertz CT molecular complexity index is 1540. The lowest BCUT2D eigenvalue weighted by molar-refractivity contribution is -0.143. The highest BCUT2D eigenvalue weighted by atomic mass is 19.4. The molecule has 3 heterocycles. The Labute approximate surface area is 267 Å². The van der Waals surface area contributed by atoms with Gasteiger partial charge in [-0.3, -0.25) is 4.79 Å². The number of alkyl halides is 6. The fourth-order valence-corrected chi connectivity index (χ4v) is 6.37. The summed E-state index contributed by atoms with van der Waals surface area (Å²) in [5.41, 5.74) is -1.62. The zero-order valence-corrected chi connectivity index (χ0v) is 26.2. The molecule has 0 spiro atoms. The number of ether oxygens (including phenoxy) is 2. The van der Waals surface area contributed by atoms with Gasteiger partial charge < -0.3 is 19.3 Å². The van der Waals surface area contributed by atoms with E-state index in [0.717, 1.165) is 11.1 Å². The lowest BCUT2D eigenvalue weighted by Gasteiger charge is -2.35. The molecule has 4 atom stereocenters. The Hall–Kier alpha value is -3.87. The van der Waals surface area contributed by atoms with Crippen LogP contribution in [0.15, 0.2) is 65.8 Å². The maximum Gasteiger partial charge on any atom is 0.416 e. The molecule has 6 nitrogen and oxygen atoms in total. The van der Waals surface area contributed by atoms with Crippen LogP contribution in [0.3, 0.4) is 0 Å². The number of carbonyl (C=O) groups excluding carboxylic acids is 2. The van der Waals surface area contributed by atoms with Crippen LogP contribution in [0.2, 0.25) is 0 Å². The summed E-state index contributed by atoms with van der Waals surface area (Å²) in [6, 6.07) is 6.42. The highest BCUT2D eigenvalue weighted by molar-refractivity contribution is 5.91. The summed E-state index contributed by atoms with van der Waals surface area (Å²) in [5, 5.41) is 0. The summed E-state index contributed by atoms with van der Waals surface area (Å²) in [4.78, 5) is 29.1. The van der Waals surface area contributed by atoms with Crippen molar-refractivity contribution in [1.82, 2.24) is 9.80 Å². The molecular formula is C34H35F7N2O4. The fraction of sp³-hybridized carbons (Fsp3) is 0.471. The lowest BCUT2D eigenvalue weighted by atomic mass is 9.82. The van der Waals surface area contributed by atoms with Gasteiger partial charge in [-0.15, -0.1) is 0 Å². The quantitative estimate of drug-likeness (QED) is 0.302. The van der Waals surface area contributed by atoms with Crippen LogP contribution in [0.1, 0.15) is 74.8 Å². The van der Waals surface area contributed by atoms with Gasteiger partial charge in [0, 0.05) is 37.7 Å². The second kappa shape index (κ2) is 12.6. The van der Waals surface area contributed by atoms with Crippen LogP contribution in [0, 0.1) is 5.82 Å². The zero-order chi connectivity index (χ0) is 34.5. The predicted molar refractivity (Wildman–Crippen MR) is 158 cm³/mol. The van der Waals surface area contributed by atoms with Crippen molar-refractivity contribution in [2.75, 3.05) is 19.6 Å². The summed E-state index contributed by atoms with van der Waals surface area (Å²) in [5.74, 6) is -1.39. The first-order chi connectivity index (χ1) is 21.8. The molecule has 2 amide bonds. The molecule has 254 valence electrons. The molecule has 0 saturated carbocycles. The van der Waals surface area contributed by atoms with Gasteiger partial charge in [-0.1, -0.05) is 18.2 Å². The number of rotatable bonds is 5. The number of fused-ring (bicyclic) bond motifs is 1. The minimum Gasteiger partial charge on any atom is -0.444 e. The third kappa shape index (κ3) is 7.82. The van der Waals surface area contributed by atoms with Gasteiger partial charge in [-0.05, 0) is 93.1 Å². The SMILES string of the molecule is C[C@@H](O[C@H]1CN2C(=O)C=C(C3=CCN(C(=O)OC(C)(C)C)CC3)C[C@H]2[C@@H]1c1ccc(F)cc1)c1cc(C(F)(F)F)cc(C(F)(F)F)c1. The molecule has 0 aromatic heterocycles. The van der Waals surface area contributed by atoms with Gasteiger partial charge in [0.2, 0.25) is 5.91 Å². The van der Waals surface area contributed by atoms with Crippen molar-refractivity contribution in [1.29, 1.82) is 0 Å². The summed E-state index contributed by atoms with van der Waals surface area (Å²) in [7, 11) is 0. The number of halogens is 7. The normalized spacial score (nSPS) is 22.9. The number of hydrogen-bond acceptors (Lipinski definition) is 4. The van der Waals surface area contributed by atoms with Gasteiger partial charge in [-0.2, -0.15) is 26.3 Å². The molecule has 3 aliphatic rings. The molecule has 1 saturated heterocycles. The highest BCUT2D eigenvalue weighted by Crippen LogP contribution is 2.45. The molecule has 3 aliphatic heterocycles. The third-order valence-electron chi connectivity index (χ3n) is 8.59. The standard InChI is InChI=1S/C34H35F7N2O4/c1-19(22-13-24(33(36,37)38)17-25(14-22)34(39,40)41)46-28-18-43-27(30(28)21-5-7-26(35)8-6-21)15-23(16-29(43)44)20-9-11-42(12-10-20)31(45)47-32(2,3)4/h5-9,13-14,16-17,19,27-28,30H,10-12,15,18H2,1-4H3/t19-,27+,28+,30+/m1/s1. The Morgan fingerprint density at radius 1 is 0.936 bits per heavy atom. The molecule has 0 radical (unpaired) electrons. The number of carbonyl (C=O) groups is 2. The average Bonchev–Trinajstić information content (AvgIpc) is 3.34. The predicted octanol–water partition coefficient (Wildman–Crippen LogP) is 8.20. The molecule has 1 fully saturated rings. The van der Waals surface area contributed by atoms with E-state index in [-0.39, 0.29) is 30.6 Å². The van der Waals surface area contributed by atoms with Crippen molar-refractivity contribution >= 4 is 12.0 Å². The maximum atomic E-state index is 13.9. The van der Waals surface area contributed by atoms with E-state index in [1.165, 1.54) is 37.3 Å². The van der Waals surface area contributed by atoms with Crippen molar-refractivity contribution < 1.29 is 49.8 Å². The molecule has 0 bridgehead atoms. The van der Waals surface area contributed by atoms with Crippen LogP contribution in [-0.2, 0) is 26.6 Å². The van der Waals surface area contributed by atoms with Gasteiger partial charge in [0.15, 0.2) is 0 Å². The molecule has 0 unspecified atom stereocenters. The number of benzene rings is 2. The first-order valence-corrected chi connectivity index (χ1v) is 15.2. The van der Waals surface area contributed by atoms with Crippen LogP contribution in [-0.4, -0.2) is 59.2 Å². The van der Waals surface area contributed by atoms with Crippen molar-refractivity contribution in [2.45, 2.75) is 82.7 Å². The van der Waals surface area contributed by atoms with Crippen LogP contribution < -0.4 is 0 Å². The first kappa shape index (κ1) is 34.5. The first-order valence-electron chi connectivity index (χ1n) is 15.2.